The second-order valence-corrected chi connectivity index (χ2v) is 9.74. The predicted molar refractivity (Wildman–Crippen MR) is 83.0 cm³/mol. The highest BCUT2D eigenvalue weighted by Crippen LogP contribution is 2.42. The fourth-order valence-electron chi connectivity index (χ4n) is 4.35. The van der Waals surface area contributed by atoms with E-state index in [0.717, 1.165) is 25.2 Å². The highest BCUT2D eigenvalue weighted by atomic mass is 35.5. The first-order chi connectivity index (χ1) is 9.94. The van der Waals surface area contributed by atoms with Crippen LogP contribution in [0.1, 0.15) is 44.9 Å². The van der Waals surface area contributed by atoms with Gasteiger partial charge in [0.1, 0.15) is 0 Å². The second kappa shape index (κ2) is 6.07. The van der Waals surface area contributed by atoms with E-state index >= 15 is 0 Å². The Hall–Kier alpha value is -0.290. The first kappa shape index (κ1) is 15.6. The number of alkyl halides is 1. The Morgan fingerprint density at radius 3 is 2.38 bits per heavy atom. The monoisotopic (exact) mass is 333 g/mol. The summed E-state index contributed by atoms with van der Waals surface area (Å²) in [4.78, 5) is 12.4. The van der Waals surface area contributed by atoms with Crippen molar-refractivity contribution >= 4 is 27.3 Å². The molecule has 0 aromatic carbocycles. The van der Waals surface area contributed by atoms with Gasteiger partial charge in [-0.2, -0.15) is 0 Å². The lowest BCUT2D eigenvalue weighted by Gasteiger charge is -2.39. The van der Waals surface area contributed by atoms with Gasteiger partial charge in [-0.25, -0.2) is 8.42 Å². The molecule has 3 aliphatic rings. The molecule has 0 spiro atoms. The van der Waals surface area contributed by atoms with Crippen LogP contribution in [0, 0.1) is 17.8 Å². The molecule has 0 radical (unpaired) electrons. The van der Waals surface area contributed by atoms with Gasteiger partial charge >= 0.3 is 0 Å². The zero-order chi connectivity index (χ0) is 15.0. The number of halogens is 1. The van der Waals surface area contributed by atoms with Gasteiger partial charge in [0.05, 0.1) is 22.9 Å². The summed E-state index contributed by atoms with van der Waals surface area (Å²) in [6.45, 7) is 0. The Balaban J connectivity index is 1.56. The van der Waals surface area contributed by atoms with Crippen LogP contribution >= 0.6 is 11.6 Å². The molecule has 2 aliphatic carbocycles. The van der Waals surface area contributed by atoms with Crippen LogP contribution < -0.4 is 5.32 Å². The lowest BCUT2D eigenvalue weighted by molar-refractivity contribution is -0.127. The SMILES string of the molecule is O=C(NC1CS(=O)(=O)CC1Cl)C1CCC2CCCCC2C1. The molecule has 3 fully saturated rings. The van der Waals surface area contributed by atoms with Crippen molar-refractivity contribution in [3.63, 3.8) is 0 Å². The molecule has 5 unspecified atom stereocenters. The van der Waals surface area contributed by atoms with E-state index in [-0.39, 0.29) is 23.3 Å². The summed E-state index contributed by atoms with van der Waals surface area (Å²) in [5, 5.41) is 2.42. The molecule has 21 heavy (non-hydrogen) atoms. The van der Waals surface area contributed by atoms with Gasteiger partial charge in [0, 0.05) is 5.92 Å². The number of sulfone groups is 1. The molecule has 3 rings (SSSR count). The molecule has 2 saturated carbocycles. The van der Waals surface area contributed by atoms with E-state index < -0.39 is 21.3 Å². The third kappa shape index (κ3) is 3.55. The molecular weight excluding hydrogens is 310 g/mol. The number of fused-ring (bicyclic) bond motifs is 1. The van der Waals surface area contributed by atoms with Crippen molar-refractivity contribution in [3.05, 3.63) is 0 Å². The third-order valence-corrected chi connectivity index (χ3v) is 7.90. The molecule has 4 nitrogen and oxygen atoms in total. The van der Waals surface area contributed by atoms with E-state index in [4.69, 9.17) is 11.6 Å². The van der Waals surface area contributed by atoms with Crippen molar-refractivity contribution in [1.29, 1.82) is 0 Å². The average molecular weight is 334 g/mol. The fraction of sp³-hybridized carbons (Fsp3) is 0.933. The Morgan fingerprint density at radius 2 is 1.71 bits per heavy atom. The van der Waals surface area contributed by atoms with Gasteiger partial charge in [0.25, 0.3) is 0 Å². The average Bonchev–Trinajstić information content (AvgIpc) is 2.70. The van der Waals surface area contributed by atoms with Gasteiger partial charge < -0.3 is 5.32 Å². The Labute approximate surface area is 131 Å². The lowest BCUT2D eigenvalue weighted by atomic mass is 9.67. The highest BCUT2D eigenvalue weighted by Gasteiger charge is 2.40. The topological polar surface area (TPSA) is 63.2 Å². The van der Waals surface area contributed by atoms with Gasteiger partial charge in [-0.05, 0) is 31.1 Å². The minimum atomic E-state index is -3.09. The summed E-state index contributed by atoms with van der Waals surface area (Å²) >= 11 is 6.06. The highest BCUT2D eigenvalue weighted by molar-refractivity contribution is 7.91. The first-order valence-corrected chi connectivity index (χ1v) is 10.4. The quantitative estimate of drug-likeness (QED) is 0.787. The number of rotatable bonds is 2. The number of amides is 1. The predicted octanol–water partition coefficient (Wildman–Crippen LogP) is 2.11. The molecule has 1 aliphatic heterocycles. The second-order valence-electron chi connectivity index (χ2n) is 7.02. The summed E-state index contributed by atoms with van der Waals surface area (Å²) in [7, 11) is -3.09. The van der Waals surface area contributed by atoms with Gasteiger partial charge in [-0.15, -0.1) is 11.6 Å². The lowest BCUT2D eigenvalue weighted by Crippen LogP contribution is -2.45. The van der Waals surface area contributed by atoms with Crippen LogP contribution in [0.15, 0.2) is 0 Å². The van der Waals surface area contributed by atoms with Crippen molar-refractivity contribution in [2.45, 2.75) is 56.4 Å². The van der Waals surface area contributed by atoms with E-state index in [1.54, 1.807) is 0 Å². The zero-order valence-corrected chi connectivity index (χ0v) is 13.8. The van der Waals surface area contributed by atoms with Gasteiger partial charge in [0.15, 0.2) is 9.84 Å². The third-order valence-electron chi connectivity index (χ3n) is 5.52. The van der Waals surface area contributed by atoms with Crippen LogP contribution in [0.3, 0.4) is 0 Å². The summed E-state index contributed by atoms with van der Waals surface area (Å²) in [6.07, 6.45) is 8.28. The van der Waals surface area contributed by atoms with Crippen LogP contribution in [0.5, 0.6) is 0 Å². The molecule has 0 aromatic heterocycles. The van der Waals surface area contributed by atoms with Crippen molar-refractivity contribution < 1.29 is 13.2 Å². The van der Waals surface area contributed by atoms with E-state index in [2.05, 4.69) is 5.32 Å². The van der Waals surface area contributed by atoms with Crippen molar-refractivity contribution in [2.75, 3.05) is 11.5 Å². The number of carbonyl (C=O) groups is 1. The number of carbonyl (C=O) groups excluding carboxylic acids is 1. The van der Waals surface area contributed by atoms with E-state index in [0.29, 0.717) is 5.92 Å². The van der Waals surface area contributed by atoms with Crippen molar-refractivity contribution in [1.82, 2.24) is 5.32 Å². The van der Waals surface area contributed by atoms with Gasteiger partial charge in [-0.3, -0.25) is 4.79 Å². The van der Waals surface area contributed by atoms with E-state index in [1.165, 1.54) is 25.7 Å². The molecule has 1 amide bonds. The van der Waals surface area contributed by atoms with E-state index in [9.17, 15) is 13.2 Å². The molecule has 1 N–H and O–H groups in total. The number of hydrogen-bond acceptors (Lipinski definition) is 3. The molecular formula is C15H24ClNO3S. The maximum absolute atomic E-state index is 12.4. The molecule has 6 heteroatoms. The Morgan fingerprint density at radius 1 is 1.00 bits per heavy atom. The largest absolute Gasteiger partial charge is 0.351 e. The summed E-state index contributed by atoms with van der Waals surface area (Å²) in [5.74, 6) is 1.56. The van der Waals surface area contributed by atoms with Crippen LogP contribution in [0.4, 0.5) is 0 Å². The Kier molecular flexibility index (Phi) is 4.51. The summed E-state index contributed by atoms with van der Waals surface area (Å²) in [5.41, 5.74) is 0. The zero-order valence-electron chi connectivity index (χ0n) is 12.3. The molecule has 1 saturated heterocycles. The summed E-state index contributed by atoms with van der Waals surface area (Å²) < 4.78 is 23.1. The fourth-order valence-corrected chi connectivity index (χ4v) is 6.90. The Bertz CT molecular complexity index is 507. The standard InChI is InChI=1S/C15H24ClNO3S/c16-13-8-21(19,20)9-14(13)17-15(18)12-6-5-10-3-1-2-4-11(10)7-12/h10-14H,1-9H2,(H,17,18). The number of nitrogens with one attached hydrogen (secondary N) is 1. The molecule has 120 valence electrons. The maximum atomic E-state index is 12.4. The first-order valence-electron chi connectivity index (χ1n) is 8.09. The minimum Gasteiger partial charge on any atom is -0.351 e. The molecule has 5 atom stereocenters. The van der Waals surface area contributed by atoms with Gasteiger partial charge in [0.2, 0.25) is 5.91 Å². The van der Waals surface area contributed by atoms with Crippen LogP contribution in [0.25, 0.3) is 0 Å². The maximum Gasteiger partial charge on any atom is 0.223 e. The van der Waals surface area contributed by atoms with Crippen molar-refractivity contribution in [3.8, 4) is 0 Å². The smallest absolute Gasteiger partial charge is 0.223 e. The van der Waals surface area contributed by atoms with Gasteiger partial charge in [-0.1, -0.05) is 25.7 Å². The van der Waals surface area contributed by atoms with Crippen LogP contribution in [-0.4, -0.2) is 37.2 Å². The summed E-state index contributed by atoms with van der Waals surface area (Å²) in [6, 6.07) is -0.409. The molecule has 0 bridgehead atoms. The van der Waals surface area contributed by atoms with Crippen LogP contribution in [-0.2, 0) is 14.6 Å². The minimum absolute atomic E-state index is 0.00825. The number of hydrogen-bond donors (Lipinski definition) is 1. The van der Waals surface area contributed by atoms with Crippen LogP contribution in [0.2, 0.25) is 0 Å². The van der Waals surface area contributed by atoms with E-state index in [1.807, 2.05) is 0 Å². The molecule has 1 heterocycles. The van der Waals surface area contributed by atoms with Crippen molar-refractivity contribution in [2.24, 2.45) is 17.8 Å². The molecule has 0 aromatic rings. The normalized spacial score (nSPS) is 42.2.